The zero-order chi connectivity index (χ0) is 15.8. The van der Waals surface area contributed by atoms with Crippen molar-refractivity contribution in [2.45, 2.75) is 45.2 Å². The van der Waals surface area contributed by atoms with Crippen molar-refractivity contribution in [2.24, 2.45) is 5.73 Å². The van der Waals surface area contributed by atoms with E-state index in [1.807, 2.05) is 0 Å². The first-order valence-corrected chi connectivity index (χ1v) is 9.11. The van der Waals surface area contributed by atoms with Gasteiger partial charge in [0, 0.05) is 18.8 Å². The SMILES string of the molecule is CC(C)N(C)CCCCNC(=O)C(N)CCS(C)(=O)=O. The van der Waals surface area contributed by atoms with Crippen LogP contribution >= 0.6 is 0 Å². The number of nitrogens with two attached hydrogens (primary N) is 1. The highest BCUT2D eigenvalue weighted by molar-refractivity contribution is 7.90. The average Bonchev–Trinajstić information content (AvgIpc) is 2.33. The van der Waals surface area contributed by atoms with Gasteiger partial charge in [-0.15, -0.1) is 0 Å². The number of hydrogen-bond donors (Lipinski definition) is 2. The predicted octanol–water partition coefficient (Wildman–Crippen LogP) is -0.0150. The highest BCUT2D eigenvalue weighted by Crippen LogP contribution is 1.98. The third-order valence-corrected chi connectivity index (χ3v) is 4.23. The molecule has 0 aromatic heterocycles. The summed E-state index contributed by atoms with van der Waals surface area (Å²) in [5.41, 5.74) is 5.64. The second kappa shape index (κ2) is 9.31. The van der Waals surface area contributed by atoms with E-state index in [0.717, 1.165) is 25.6 Å². The number of rotatable bonds is 10. The van der Waals surface area contributed by atoms with Gasteiger partial charge >= 0.3 is 0 Å². The second-order valence-electron chi connectivity index (χ2n) is 5.60. The first kappa shape index (κ1) is 19.3. The molecule has 0 radical (unpaired) electrons. The molecule has 6 nitrogen and oxygen atoms in total. The second-order valence-corrected chi connectivity index (χ2v) is 7.86. The summed E-state index contributed by atoms with van der Waals surface area (Å²) in [5, 5.41) is 2.74. The maximum absolute atomic E-state index is 11.6. The minimum Gasteiger partial charge on any atom is -0.355 e. The Morgan fingerprint density at radius 1 is 1.30 bits per heavy atom. The minimum atomic E-state index is -3.07. The van der Waals surface area contributed by atoms with E-state index in [0.29, 0.717) is 12.6 Å². The van der Waals surface area contributed by atoms with Crippen LogP contribution in [0, 0.1) is 0 Å². The van der Waals surface area contributed by atoms with E-state index in [1.165, 1.54) is 0 Å². The molecule has 0 saturated heterocycles. The van der Waals surface area contributed by atoms with E-state index in [9.17, 15) is 13.2 Å². The van der Waals surface area contributed by atoms with Crippen molar-refractivity contribution in [1.82, 2.24) is 10.2 Å². The molecule has 20 heavy (non-hydrogen) atoms. The summed E-state index contributed by atoms with van der Waals surface area (Å²) >= 11 is 0. The van der Waals surface area contributed by atoms with E-state index >= 15 is 0 Å². The number of unbranched alkanes of at least 4 members (excludes halogenated alkanes) is 1. The number of hydrogen-bond acceptors (Lipinski definition) is 5. The molecule has 0 rings (SSSR count). The molecule has 7 heteroatoms. The molecule has 120 valence electrons. The van der Waals surface area contributed by atoms with Gasteiger partial charge in [0.05, 0.1) is 11.8 Å². The highest BCUT2D eigenvalue weighted by Gasteiger charge is 2.15. The molecule has 1 atom stereocenters. The Bertz CT molecular complexity index is 382. The van der Waals surface area contributed by atoms with Crippen LogP contribution in [-0.4, -0.2) is 63.5 Å². The molecule has 0 aromatic carbocycles. The third kappa shape index (κ3) is 10.2. The van der Waals surface area contributed by atoms with Crippen molar-refractivity contribution >= 4 is 15.7 Å². The van der Waals surface area contributed by atoms with E-state index in [1.54, 1.807) is 0 Å². The molecule has 0 aromatic rings. The Hall–Kier alpha value is -0.660. The Kier molecular flexibility index (Phi) is 9.00. The van der Waals surface area contributed by atoms with Crippen molar-refractivity contribution < 1.29 is 13.2 Å². The molecule has 0 saturated carbocycles. The third-order valence-electron chi connectivity index (χ3n) is 3.25. The summed E-state index contributed by atoms with van der Waals surface area (Å²) in [5.74, 6) is -0.327. The molecule has 1 unspecified atom stereocenters. The quantitative estimate of drug-likeness (QED) is 0.554. The smallest absolute Gasteiger partial charge is 0.236 e. The fourth-order valence-corrected chi connectivity index (χ4v) is 2.24. The van der Waals surface area contributed by atoms with Crippen molar-refractivity contribution in [1.29, 1.82) is 0 Å². The topological polar surface area (TPSA) is 92.5 Å². The summed E-state index contributed by atoms with van der Waals surface area (Å²) in [6.45, 7) is 5.86. The number of sulfone groups is 1. The van der Waals surface area contributed by atoms with E-state index in [2.05, 4.69) is 31.1 Å². The summed E-state index contributed by atoms with van der Waals surface area (Å²) in [6.07, 6.45) is 3.21. The van der Waals surface area contributed by atoms with Crippen molar-refractivity contribution in [2.75, 3.05) is 32.1 Å². The number of carbonyl (C=O) groups excluding carboxylic acids is 1. The largest absolute Gasteiger partial charge is 0.355 e. The van der Waals surface area contributed by atoms with Gasteiger partial charge in [0.25, 0.3) is 0 Å². The lowest BCUT2D eigenvalue weighted by molar-refractivity contribution is -0.122. The van der Waals surface area contributed by atoms with Gasteiger partial charge < -0.3 is 16.0 Å². The monoisotopic (exact) mass is 307 g/mol. The van der Waals surface area contributed by atoms with Gasteiger partial charge in [-0.3, -0.25) is 4.79 Å². The van der Waals surface area contributed by atoms with Gasteiger partial charge in [-0.05, 0) is 46.7 Å². The van der Waals surface area contributed by atoms with Crippen LogP contribution in [0.5, 0.6) is 0 Å². The number of amides is 1. The van der Waals surface area contributed by atoms with Gasteiger partial charge in [0.15, 0.2) is 0 Å². The van der Waals surface area contributed by atoms with Crippen LogP contribution in [0.25, 0.3) is 0 Å². The molecule has 0 spiro atoms. The molecule has 3 N–H and O–H groups in total. The molecule has 0 heterocycles. The van der Waals surface area contributed by atoms with Crippen LogP contribution in [0.3, 0.4) is 0 Å². The van der Waals surface area contributed by atoms with Crippen LogP contribution in [0.2, 0.25) is 0 Å². The molecule has 0 fully saturated rings. The van der Waals surface area contributed by atoms with Gasteiger partial charge in [-0.2, -0.15) is 0 Å². The van der Waals surface area contributed by atoms with Crippen LogP contribution in [0.4, 0.5) is 0 Å². The number of carbonyl (C=O) groups is 1. The lowest BCUT2D eigenvalue weighted by Gasteiger charge is -2.20. The number of nitrogens with one attached hydrogen (secondary N) is 1. The zero-order valence-corrected chi connectivity index (χ0v) is 13.9. The summed E-state index contributed by atoms with van der Waals surface area (Å²) in [7, 11) is -0.991. The molecule has 1 amide bonds. The lowest BCUT2D eigenvalue weighted by Crippen LogP contribution is -2.42. The summed E-state index contributed by atoms with van der Waals surface area (Å²) < 4.78 is 22.0. The Labute approximate surface area is 123 Å². The van der Waals surface area contributed by atoms with Crippen molar-refractivity contribution in [3.05, 3.63) is 0 Å². The van der Waals surface area contributed by atoms with E-state index in [-0.39, 0.29) is 18.1 Å². The predicted molar refractivity (Wildman–Crippen MR) is 82.3 cm³/mol. The fraction of sp³-hybridized carbons (Fsp3) is 0.923. The normalized spacial score (nSPS) is 13.8. The lowest BCUT2D eigenvalue weighted by atomic mass is 10.2. The molecule has 0 aliphatic rings. The van der Waals surface area contributed by atoms with Crippen LogP contribution < -0.4 is 11.1 Å². The van der Waals surface area contributed by atoms with E-state index in [4.69, 9.17) is 5.73 Å². The van der Waals surface area contributed by atoms with Gasteiger partial charge in [-0.25, -0.2) is 8.42 Å². The fourth-order valence-electron chi connectivity index (χ4n) is 1.56. The van der Waals surface area contributed by atoms with Gasteiger partial charge in [0.1, 0.15) is 9.84 Å². The van der Waals surface area contributed by atoms with Crippen molar-refractivity contribution in [3.8, 4) is 0 Å². The van der Waals surface area contributed by atoms with Crippen LogP contribution in [0.1, 0.15) is 33.1 Å². The standard InChI is InChI=1S/C13H29N3O3S/c1-11(2)16(3)9-6-5-8-15-13(17)12(14)7-10-20(4,18)19/h11-12H,5-10,14H2,1-4H3,(H,15,17). The van der Waals surface area contributed by atoms with Gasteiger partial charge in [0.2, 0.25) is 5.91 Å². The molecule has 0 bridgehead atoms. The number of nitrogens with zero attached hydrogens (tertiary/aromatic N) is 1. The summed E-state index contributed by atoms with van der Waals surface area (Å²) in [6, 6.07) is -0.225. The maximum atomic E-state index is 11.6. The molecule has 0 aliphatic carbocycles. The van der Waals surface area contributed by atoms with Gasteiger partial charge in [-0.1, -0.05) is 0 Å². The molecule has 0 aliphatic heterocycles. The maximum Gasteiger partial charge on any atom is 0.236 e. The minimum absolute atomic E-state index is 0.0548. The average molecular weight is 307 g/mol. The molecular weight excluding hydrogens is 278 g/mol. The first-order valence-electron chi connectivity index (χ1n) is 7.04. The van der Waals surface area contributed by atoms with Crippen LogP contribution in [0.15, 0.2) is 0 Å². The Morgan fingerprint density at radius 3 is 2.40 bits per heavy atom. The highest BCUT2D eigenvalue weighted by atomic mass is 32.2. The zero-order valence-electron chi connectivity index (χ0n) is 13.1. The van der Waals surface area contributed by atoms with Crippen LogP contribution in [-0.2, 0) is 14.6 Å². The van der Waals surface area contributed by atoms with Crippen molar-refractivity contribution in [3.63, 3.8) is 0 Å². The summed E-state index contributed by atoms with van der Waals surface area (Å²) in [4.78, 5) is 13.9. The molecular formula is C13H29N3O3S. The Morgan fingerprint density at radius 2 is 1.90 bits per heavy atom. The first-order chi connectivity index (χ1) is 9.13. The van der Waals surface area contributed by atoms with E-state index < -0.39 is 15.9 Å². The Balaban J connectivity index is 3.72.